The van der Waals surface area contributed by atoms with Gasteiger partial charge in [0.1, 0.15) is 0 Å². The van der Waals surface area contributed by atoms with Gasteiger partial charge < -0.3 is 5.32 Å². The molecule has 1 heterocycles. The van der Waals surface area contributed by atoms with E-state index in [0.29, 0.717) is 5.88 Å². The molecule has 0 atom stereocenters. The van der Waals surface area contributed by atoms with E-state index in [9.17, 15) is 0 Å². The Kier molecular flexibility index (Phi) is 4.54. The van der Waals surface area contributed by atoms with Crippen LogP contribution in [0.4, 0.5) is 0 Å². The van der Waals surface area contributed by atoms with Gasteiger partial charge in [-0.3, -0.25) is 4.98 Å². The normalized spacial score (nSPS) is 10.4. The Hall–Kier alpha value is -1.38. The van der Waals surface area contributed by atoms with Gasteiger partial charge in [-0.1, -0.05) is 30.3 Å². The van der Waals surface area contributed by atoms with E-state index in [1.165, 1.54) is 11.1 Å². The van der Waals surface area contributed by atoms with E-state index < -0.39 is 0 Å². The summed E-state index contributed by atoms with van der Waals surface area (Å²) in [5.41, 5.74) is 3.61. The first-order chi connectivity index (χ1) is 8.38. The highest BCUT2D eigenvalue weighted by Gasteiger charge is 1.96. The number of alkyl halides is 1. The van der Waals surface area contributed by atoms with Gasteiger partial charge in [0.05, 0.1) is 0 Å². The number of hydrogen-bond donors (Lipinski definition) is 1. The van der Waals surface area contributed by atoms with Gasteiger partial charge in [-0.25, -0.2) is 0 Å². The summed E-state index contributed by atoms with van der Waals surface area (Å²) >= 11 is 5.80. The summed E-state index contributed by atoms with van der Waals surface area (Å²) < 4.78 is 0. The third-order valence-corrected chi connectivity index (χ3v) is 2.84. The molecule has 0 aliphatic rings. The van der Waals surface area contributed by atoms with E-state index in [2.05, 4.69) is 28.5 Å². The van der Waals surface area contributed by atoms with Crippen LogP contribution in [0.3, 0.4) is 0 Å². The Morgan fingerprint density at radius 1 is 1.00 bits per heavy atom. The van der Waals surface area contributed by atoms with E-state index in [0.717, 1.165) is 18.7 Å². The molecule has 0 bridgehead atoms. The van der Waals surface area contributed by atoms with Gasteiger partial charge in [-0.05, 0) is 22.8 Å². The van der Waals surface area contributed by atoms with Crippen LogP contribution in [0.25, 0.3) is 0 Å². The molecule has 0 spiro atoms. The summed E-state index contributed by atoms with van der Waals surface area (Å²) in [6.45, 7) is 1.68. The van der Waals surface area contributed by atoms with Gasteiger partial charge in [-0.2, -0.15) is 0 Å². The molecule has 0 aliphatic heterocycles. The lowest BCUT2D eigenvalue weighted by molar-refractivity contribution is 0.691. The average Bonchev–Trinajstić information content (AvgIpc) is 2.40. The van der Waals surface area contributed by atoms with E-state index >= 15 is 0 Å². The highest BCUT2D eigenvalue weighted by molar-refractivity contribution is 6.17. The molecular formula is C14H15ClN2. The highest BCUT2D eigenvalue weighted by atomic mass is 35.5. The average molecular weight is 247 g/mol. The van der Waals surface area contributed by atoms with Crippen LogP contribution >= 0.6 is 11.6 Å². The van der Waals surface area contributed by atoms with Crippen molar-refractivity contribution in [3.05, 3.63) is 65.5 Å². The third-order valence-electron chi connectivity index (χ3n) is 2.53. The van der Waals surface area contributed by atoms with Gasteiger partial charge in [0, 0.05) is 31.4 Å². The number of halogens is 1. The minimum Gasteiger partial charge on any atom is -0.309 e. The van der Waals surface area contributed by atoms with Crippen molar-refractivity contribution in [2.24, 2.45) is 0 Å². The molecule has 0 fully saturated rings. The van der Waals surface area contributed by atoms with E-state index in [1.54, 1.807) is 6.20 Å². The number of hydrogen-bond acceptors (Lipinski definition) is 2. The van der Waals surface area contributed by atoms with Crippen LogP contribution in [-0.4, -0.2) is 4.98 Å². The zero-order valence-electron chi connectivity index (χ0n) is 9.57. The van der Waals surface area contributed by atoms with Crippen molar-refractivity contribution in [3.8, 4) is 0 Å². The van der Waals surface area contributed by atoms with Crippen molar-refractivity contribution < 1.29 is 0 Å². The number of nitrogens with zero attached hydrogens (tertiary/aromatic N) is 1. The zero-order chi connectivity index (χ0) is 11.9. The minimum atomic E-state index is 0.566. The summed E-state index contributed by atoms with van der Waals surface area (Å²) in [5.74, 6) is 0.566. The quantitative estimate of drug-likeness (QED) is 0.820. The van der Waals surface area contributed by atoms with Crippen molar-refractivity contribution in [1.29, 1.82) is 0 Å². The van der Waals surface area contributed by atoms with Crippen molar-refractivity contribution in [2.75, 3.05) is 0 Å². The van der Waals surface area contributed by atoms with Crippen LogP contribution < -0.4 is 5.32 Å². The van der Waals surface area contributed by atoms with Crippen LogP contribution in [0.15, 0.2) is 48.8 Å². The molecule has 3 heteroatoms. The van der Waals surface area contributed by atoms with Gasteiger partial charge >= 0.3 is 0 Å². The maximum absolute atomic E-state index is 5.80. The van der Waals surface area contributed by atoms with Crippen molar-refractivity contribution >= 4 is 11.6 Å². The second-order valence-corrected chi connectivity index (χ2v) is 4.19. The first kappa shape index (κ1) is 12.1. The van der Waals surface area contributed by atoms with Crippen LogP contribution in [0.2, 0.25) is 0 Å². The Morgan fingerprint density at radius 3 is 2.53 bits per heavy atom. The number of aromatic nitrogens is 1. The third kappa shape index (κ3) is 3.84. The molecule has 1 N–H and O–H groups in total. The summed E-state index contributed by atoms with van der Waals surface area (Å²) in [6, 6.07) is 12.3. The monoisotopic (exact) mass is 246 g/mol. The van der Waals surface area contributed by atoms with Gasteiger partial charge in [0.25, 0.3) is 0 Å². The molecule has 0 saturated carbocycles. The lowest BCUT2D eigenvalue weighted by Gasteiger charge is -2.06. The van der Waals surface area contributed by atoms with Crippen molar-refractivity contribution in [1.82, 2.24) is 10.3 Å². The fraction of sp³-hybridized carbons (Fsp3) is 0.214. The molecule has 1 aromatic carbocycles. The number of pyridine rings is 1. The van der Waals surface area contributed by atoms with Gasteiger partial charge in [0.2, 0.25) is 0 Å². The molecule has 1 aromatic heterocycles. The van der Waals surface area contributed by atoms with E-state index in [4.69, 9.17) is 11.6 Å². The standard InChI is InChI=1S/C14H15ClN2/c15-8-12-3-1-4-13(7-12)9-17-11-14-5-2-6-16-10-14/h1-7,10,17H,8-9,11H2. The summed E-state index contributed by atoms with van der Waals surface area (Å²) in [7, 11) is 0. The molecule has 0 saturated heterocycles. The molecule has 2 nitrogen and oxygen atoms in total. The largest absolute Gasteiger partial charge is 0.309 e. The molecule has 0 radical (unpaired) electrons. The lowest BCUT2D eigenvalue weighted by atomic mass is 10.1. The van der Waals surface area contributed by atoms with Crippen molar-refractivity contribution in [3.63, 3.8) is 0 Å². The molecular weight excluding hydrogens is 232 g/mol. The second-order valence-electron chi connectivity index (χ2n) is 3.92. The number of benzene rings is 1. The molecule has 2 aromatic rings. The SMILES string of the molecule is ClCc1cccc(CNCc2cccnc2)c1. The fourth-order valence-electron chi connectivity index (χ4n) is 1.68. The van der Waals surface area contributed by atoms with Crippen LogP contribution in [0.1, 0.15) is 16.7 Å². The van der Waals surface area contributed by atoms with Crippen LogP contribution in [0, 0.1) is 0 Å². The van der Waals surface area contributed by atoms with Crippen LogP contribution in [0.5, 0.6) is 0 Å². The van der Waals surface area contributed by atoms with Gasteiger partial charge in [0.15, 0.2) is 0 Å². The number of rotatable bonds is 5. The summed E-state index contributed by atoms with van der Waals surface area (Å²) in [5, 5.41) is 3.39. The first-order valence-electron chi connectivity index (χ1n) is 5.62. The summed E-state index contributed by atoms with van der Waals surface area (Å²) in [4.78, 5) is 4.08. The molecule has 0 unspecified atom stereocenters. The summed E-state index contributed by atoms with van der Waals surface area (Å²) in [6.07, 6.45) is 3.66. The fourth-order valence-corrected chi connectivity index (χ4v) is 1.84. The Morgan fingerprint density at radius 2 is 1.76 bits per heavy atom. The topological polar surface area (TPSA) is 24.9 Å². The first-order valence-corrected chi connectivity index (χ1v) is 6.15. The van der Waals surface area contributed by atoms with Crippen LogP contribution in [-0.2, 0) is 19.0 Å². The molecule has 0 aliphatic carbocycles. The Bertz CT molecular complexity index is 457. The second kappa shape index (κ2) is 6.38. The Balaban J connectivity index is 1.86. The molecule has 88 valence electrons. The molecule has 2 rings (SSSR count). The van der Waals surface area contributed by atoms with E-state index in [-0.39, 0.29) is 0 Å². The maximum Gasteiger partial charge on any atom is 0.0474 e. The van der Waals surface area contributed by atoms with E-state index in [1.807, 2.05) is 24.4 Å². The van der Waals surface area contributed by atoms with Gasteiger partial charge in [-0.15, -0.1) is 11.6 Å². The molecule has 0 amide bonds. The molecule has 17 heavy (non-hydrogen) atoms. The minimum absolute atomic E-state index is 0.566. The lowest BCUT2D eigenvalue weighted by Crippen LogP contribution is -2.12. The number of nitrogens with one attached hydrogen (secondary N) is 1. The maximum atomic E-state index is 5.80. The van der Waals surface area contributed by atoms with Crippen molar-refractivity contribution in [2.45, 2.75) is 19.0 Å². The predicted molar refractivity (Wildman–Crippen MR) is 70.8 cm³/mol. The predicted octanol–water partition coefficient (Wildman–Crippen LogP) is 3.11. The highest BCUT2D eigenvalue weighted by Crippen LogP contribution is 2.07. The zero-order valence-corrected chi connectivity index (χ0v) is 10.3. The smallest absolute Gasteiger partial charge is 0.0474 e. The Labute approximate surface area is 107 Å².